The number of halogens is 5. The number of ether oxygens (including phenoxy) is 3. The Morgan fingerprint density at radius 2 is 1.83 bits per heavy atom. The Labute approximate surface area is 218 Å². The molecule has 3 aromatic rings. The maximum atomic E-state index is 12.9. The molecule has 35 heavy (non-hydrogen) atoms. The molecule has 12 heteroatoms. The molecule has 1 saturated carbocycles. The summed E-state index contributed by atoms with van der Waals surface area (Å²) in [4.78, 5) is 13.1. The number of carbonyl (C=O) groups excluding carboxylic acids is 1. The Hall–Kier alpha value is -2.33. The van der Waals surface area contributed by atoms with E-state index in [0.717, 1.165) is 36.6 Å². The quantitative estimate of drug-likeness (QED) is 0.153. The first kappa shape index (κ1) is 25.8. The number of thiophene rings is 1. The first-order valence-corrected chi connectivity index (χ1v) is 12.4. The minimum absolute atomic E-state index is 0.000466. The standard InChI is InChI=1S/C23H18Cl3F2NO5S/c24-15-9-29(31)10-16(25)14(15)8-18(33-22(30)20-5-6-21(26)35-20)13-3-4-17(34-23(27)28)19(7-13)32-11-12-1-2-12/h3-7,9-10,12,18,23H,1-2,8,11H2/t18-/m0/s1. The molecule has 2 heterocycles. The number of hydrogen-bond acceptors (Lipinski definition) is 6. The molecule has 0 amide bonds. The average molecular weight is 565 g/mol. The van der Waals surface area contributed by atoms with Crippen LogP contribution in [0.3, 0.4) is 0 Å². The van der Waals surface area contributed by atoms with Gasteiger partial charge < -0.3 is 19.4 Å². The van der Waals surface area contributed by atoms with Crippen molar-refractivity contribution < 1.29 is 32.5 Å². The van der Waals surface area contributed by atoms with Crippen LogP contribution in [-0.2, 0) is 11.2 Å². The van der Waals surface area contributed by atoms with E-state index in [1.165, 1.54) is 24.3 Å². The number of hydrogen-bond donors (Lipinski definition) is 0. The Kier molecular flexibility index (Phi) is 8.21. The highest BCUT2D eigenvalue weighted by molar-refractivity contribution is 7.17. The summed E-state index contributed by atoms with van der Waals surface area (Å²) in [5.74, 6) is -0.335. The van der Waals surface area contributed by atoms with Gasteiger partial charge in [-0.25, -0.2) is 4.79 Å². The SMILES string of the molecule is O=C(O[C@@H](Cc1c(Cl)c[n+]([O-])cc1Cl)c1ccc(OC(F)F)c(OCC2CC2)c1)c1ccc(Cl)s1. The summed E-state index contributed by atoms with van der Waals surface area (Å²) in [5, 5.41) is 11.8. The fraction of sp³-hybridized carbons (Fsp3) is 0.304. The number of aromatic nitrogens is 1. The third-order valence-electron chi connectivity index (χ3n) is 5.20. The molecule has 1 aliphatic rings. The van der Waals surface area contributed by atoms with Crippen LogP contribution in [0.25, 0.3) is 0 Å². The van der Waals surface area contributed by atoms with E-state index in [1.54, 1.807) is 6.07 Å². The molecule has 0 bridgehead atoms. The zero-order valence-electron chi connectivity index (χ0n) is 17.9. The lowest BCUT2D eigenvalue weighted by molar-refractivity contribution is -0.605. The number of nitrogens with zero attached hydrogens (tertiary/aromatic N) is 1. The van der Waals surface area contributed by atoms with Crippen molar-refractivity contribution in [3.8, 4) is 11.5 Å². The van der Waals surface area contributed by atoms with Gasteiger partial charge in [-0.05, 0) is 48.6 Å². The summed E-state index contributed by atoms with van der Waals surface area (Å²) in [6, 6.07) is 7.39. The van der Waals surface area contributed by atoms with E-state index in [-0.39, 0.29) is 32.8 Å². The van der Waals surface area contributed by atoms with Gasteiger partial charge in [0.05, 0.1) is 10.9 Å². The molecule has 1 fully saturated rings. The average Bonchev–Trinajstić information content (AvgIpc) is 3.52. The second-order valence-electron chi connectivity index (χ2n) is 7.83. The Morgan fingerprint density at radius 1 is 1.11 bits per heavy atom. The van der Waals surface area contributed by atoms with E-state index in [9.17, 15) is 18.8 Å². The maximum Gasteiger partial charge on any atom is 0.387 e. The molecule has 0 radical (unpaired) electrons. The molecular weight excluding hydrogens is 547 g/mol. The van der Waals surface area contributed by atoms with Gasteiger partial charge in [-0.1, -0.05) is 40.9 Å². The summed E-state index contributed by atoms with van der Waals surface area (Å²) < 4.78 is 42.8. The summed E-state index contributed by atoms with van der Waals surface area (Å²) in [6.07, 6.45) is 3.30. The first-order chi connectivity index (χ1) is 16.7. The van der Waals surface area contributed by atoms with Crippen LogP contribution in [0.1, 0.15) is 39.7 Å². The summed E-state index contributed by atoms with van der Waals surface area (Å²) in [5.41, 5.74) is 0.801. The normalized spacial score (nSPS) is 14.1. The van der Waals surface area contributed by atoms with Gasteiger partial charge in [-0.2, -0.15) is 13.5 Å². The van der Waals surface area contributed by atoms with Gasteiger partial charge in [0.1, 0.15) is 21.0 Å². The van der Waals surface area contributed by atoms with Gasteiger partial charge in [-0.15, -0.1) is 11.3 Å². The van der Waals surface area contributed by atoms with Crippen molar-refractivity contribution in [2.24, 2.45) is 5.92 Å². The van der Waals surface area contributed by atoms with E-state index in [1.807, 2.05) is 0 Å². The molecule has 0 aliphatic heterocycles. The molecule has 1 aromatic carbocycles. The Bertz CT molecular complexity index is 1200. The zero-order chi connectivity index (χ0) is 25.1. The lowest BCUT2D eigenvalue weighted by atomic mass is 10.0. The molecule has 186 valence electrons. The van der Waals surface area contributed by atoms with Crippen molar-refractivity contribution in [2.45, 2.75) is 32.0 Å². The van der Waals surface area contributed by atoms with Crippen LogP contribution in [0.4, 0.5) is 8.78 Å². The van der Waals surface area contributed by atoms with Gasteiger partial charge >= 0.3 is 12.6 Å². The highest BCUT2D eigenvalue weighted by Gasteiger charge is 2.27. The van der Waals surface area contributed by atoms with E-state index >= 15 is 0 Å². The van der Waals surface area contributed by atoms with Crippen molar-refractivity contribution in [1.82, 2.24) is 0 Å². The first-order valence-electron chi connectivity index (χ1n) is 10.4. The maximum absolute atomic E-state index is 12.9. The molecule has 0 spiro atoms. The van der Waals surface area contributed by atoms with E-state index in [4.69, 9.17) is 44.3 Å². The Morgan fingerprint density at radius 3 is 2.43 bits per heavy atom. The minimum Gasteiger partial charge on any atom is -0.619 e. The second kappa shape index (κ2) is 11.2. The van der Waals surface area contributed by atoms with Crippen LogP contribution in [0, 0.1) is 11.1 Å². The van der Waals surface area contributed by atoms with Crippen LogP contribution >= 0.6 is 46.1 Å². The lowest BCUT2D eigenvalue weighted by Crippen LogP contribution is -2.25. The number of alkyl halides is 2. The van der Waals surface area contributed by atoms with Crippen molar-refractivity contribution >= 4 is 52.1 Å². The van der Waals surface area contributed by atoms with Crippen LogP contribution < -0.4 is 14.2 Å². The highest BCUT2D eigenvalue weighted by atomic mass is 35.5. The third kappa shape index (κ3) is 6.88. The molecule has 1 aliphatic carbocycles. The molecule has 1 atom stereocenters. The van der Waals surface area contributed by atoms with E-state index in [2.05, 4.69) is 4.74 Å². The fourth-order valence-electron chi connectivity index (χ4n) is 3.27. The molecule has 2 aromatic heterocycles. The number of benzene rings is 1. The number of carbonyl (C=O) groups is 1. The smallest absolute Gasteiger partial charge is 0.387 e. The van der Waals surface area contributed by atoms with Crippen LogP contribution in [0.15, 0.2) is 42.7 Å². The molecule has 0 N–H and O–H groups in total. The van der Waals surface area contributed by atoms with Crippen LogP contribution in [-0.4, -0.2) is 19.2 Å². The fourth-order valence-corrected chi connectivity index (χ4v) is 4.80. The molecule has 6 nitrogen and oxygen atoms in total. The summed E-state index contributed by atoms with van der Waals surface area (Å²) in [7, 11) is 0. The molecular formula is C23H18Cl3F2NO5S. The van der Waals surface area contributed by atoms with Gasteiger partial charge in [0.25, 0.3) is 0 Å². The highest BCUT2D eigenvalue weighted by Crippen LogP contribution is 2.38. The van der Waals surface area contributed by atoms with Gasteiger partial charge in [0.15, 0.2) is 23.9 Å². The summed E-state index contributed by atoms with van der Waals surface area (Å²) >= 11 is 19.5. The molecule has 0 saturated heterocycles. The van der Waals surface area contributed by atoms with Crippen molar-refractivity contribution in [2.75, 3.05) is 6.61 Å². The Balaban J connectivity index is 1.68. The predicted octanol–water partition coefficient (Wildman–Crippen LogP) is 6.87. The number of esters is 1. The summed E-state index contributed by atoms with van der Waals surface area (Å²) in [6.45, 7) is -2.69. The minimum atomic E-state index is -3.04. The van der Waals surface area contributed by atoms with Gasteiger partial charge in [-0.3, -0.25) is 0 Å². The van der Waals surface area contributed by atoms with Gasteiger partial charge in [0, 0.05) is 12.0 Å². The number of rotatable bonds is 10. The van der Waals surface area contributed by atoms with Crippen LogP contribution in [0.2, 0.25) is 14.4 Å². The molecule has 0 unspecified atom stereocenters. The van der Waals surface area contributed by atoms with Crippen molar-refractivity contribution in [3.63, 3.8) is 0 Å². The second-order valence-corrected chi connectivity index (χ2v) is 10.4. The largest absolute Gasteiger partial charge is 0.619 e. The third-order valence-corrected chi connectivity index (χ3v) is 7.06. The zero-order valence-corrected chi connectivity index (χ0v) is 21.0. The lowest BCUT2D eigenvalue weighted by Gasteiger charge is -2.21. The predicted molar refractivity (Wildman–Crippen MR) is 128 cm³/mol. The van der Waals surface area contributed by atoms with Gasteiger partial charge in [0.2, 0.25) is 0 Å². The van der Waals surface area contributed by atoms with E-state index in [0.29, 0.717) is 32.7 Å². The van der Waals surface area contributed by atoms with Crippen molar-refractivity contribution in [1.29, 1.82) is 0 Å². The van der Waals surface area contributed by atoms with Crippen LogP contribution in [0.5, 0.6) is 11.5 Å². The van der Waals surface area contributed by atoms with E-state index < -0.39 is 18.7 Å². The van der Waals surface area contributed by atoms with Crippen molar-refractivity contribution in [3.05, 3.63) is 78.3 Å². The topological polar surface area (TPSA) is 71.7 Å². The number of pyridine rings is 1. The monoisotopic (exact) mass is 563 g/mol. The molecule has 4 rings (SSSR count).